The number of nitrogens with two attached hydrogens (primary N) is 1. The minimum atomic E-state index is -5.08. The average molecular weight is 485 g/mol. The largest absolute Gasteiger partial charge is 0.492 e. The first-order chi connectivity index (χ1) is 14.8. The van der Waals surface area contributed by atoms with E-state index in [0.29, 0.717) is 40.9 Å². The van der Waals surface area contributed by atoms with Gasteiger partial charge in [0.05, 0.1) is 16.9 Å². The second kappa shape index (κ2) is 9.69. The van der Waals surface area contributed by atoms with Crippen molar-refractivity contribution >= 4 is 29.2 Å². The first-order valence-corrected chi connectivity index (χ1v) is 9.29. The summed E-state index contributed by atoms with van der Waals surface area (Å²) in [4.78, 5) is 20.8. The highest BCUT2D eigenvalue weighted by Gasteiger charge is 2.61. The molecule has 3 rings (SSSR count). The minimum absolute atomic E-state index is 0.294. The molecule has 0 aliphatic heterocycles. The molecule has 1 heterocycles. The van der Waals surface area contributed by atoms with Gasteiger partial charge in [-0.2, -0.15) is 18.3 Å². The number of carbonyl (C=O) groups excluding carboxylic acids is 1. The Morgan fingerprint density at radius 2 is 2.00 bits per heavy atom. The lowest BCUT2D eigenvalue weighted by Gasteiger charge is -2.14. The number of hydrogen-bond donors (Lipinski definition) is 3. The Balaban J connectivity index is 0.000000451. The fourth-order valence-corrected chi connectivity index (χ4v) is 2.80. The number of nitrogens with zero attached hydrogens (tertiary/aromatic N) is 2. The summed E-state index contributed by atoms with van der Waals surface area (Å²) >= 11 is 6.19. The number of alkyl halides is 5. The molecule has 4 N–H and O–H groups in total. The number of aromatic nitrogens is 2. The van der Waals surface area contributed by atoms with Gasteiger partial charge in [0.2, 0.25) is 5.91 Å². The summed E-state index contributed by atoms with van der Waals surface area (Å²) in [6.45, 7) is 0.621. The third-order valence-electron chi connectivity index (χ3n) is 4.16. The maximum absolute atomic E-state index is 13.0. The number of aliphatic carboxylic acids is 1. The van der Waals surface area contributed by atoms with Crippen LogP contribution >= 0.6 is 11.6 Å². The zero-order chi connectivity index (χ0) is 24.3. The Labute approximate surface area is 183 Å². The molecule has 1 amide bonds. The average Bonchev–Trinajstić information content (AvgIpc) is 3.21. The van der Waals surface area contributed by atoms with Crippen molar-refractivity contribution in [3.63, 3.8) is 0 Å². The Hall–Kier alpha value is -2.93. The van der Waals surface area contributed by atoms with Crippen molar-refractivity contribution in [1.82, 2.24) is 9.78 Å². The van der Waals surface area contributed by atoms with Crippen LogP contribution in [0.3, 0.4) is 0 Å². The van der Waals surface area contributed by atoms with Crippen LogP contribution in [0.4, 0.5) is 27.6 Å². The summed E-state index contributed by atoms with van der Waals surface area (Å²) < 4.78 is 65.0. The molecule has 176 valence electrons. The van der Waals surface area contributed by atoms with Gasteiger partial charge in [-0.05, 0) is 18.2 Å². The summed E-state index contributed by atoms with van der Waals surface area (Å²) in [5.41, 5.74) is 7.01. The van der Waals surface area contributed by atoms with E-state index in [9.17, 15) is 26.7 Å². The first kappa shape index (κ1) is 25.3. The maximum atomic E-state index is 13.0. The molecule has 1 aromatic heterocycles. The molecular formula is C18H18ClF5N4O4. The summed E-state index contributed by atoms with van der Waals surface area (Å²) in [5, 5.41) is 14.1. The normalized spacial score (nSPS) is 16.6. The molecule has 1 unspecified atom stereocenters. The van der Waals surface area contributed by atoms with Crippen LogP contribution in [-0.4, -0.2) is 52.0 Å². The van der Waals surface area contributed by atoms with E-state index in [-0.39, 0.29) is 0 Å². The fourth-order valence-electron chi connectivity index (χ4n) is 2.53. The molecule has 1 atom stereocenters. The number of benzene rings is 1. The number of nitrogens with one attached hydrogen (secondary N) is 1. The zero-order valence-corrected chi connectivity index (χ0v) is 17.2. The third kappa shape index (κ3) is 6.29. The van der Waals surface area contributed by atoms with Crippen LogP contribution < -0.4 is 15.8 Å². The standard InChI is InChI=1S/C16H17ClF2N4O2.C2HF3O2/c1-23-14(12(17)8-21-23)10-6-9(2-3-13(10)25-5-4-20)22-15(24)11-7-16(11,18)19;3-2(4,5)1(6)7/h2-3,6,8,11H,4-5,7,20H2,1H3,(H,22,24);(H,6,7). The molecule has 2 aromatic rings. The molecular weight excluding hydrogens is 467 g/mol. The molecule has 1 aliphatic carbocycles. The number of ether oxygens (including phenoxy) is 1. The topological polar surface area (TPSA) is 119 Å². The van der Waals surface area contributed by atoms with Crippen molar-refractivity contribution in [2.45, 2.75) is 18.5 Å². The highest BCUT2D eigenvalue weighted by Crippen LogP contribution is 2.49. The van der Waals surface area contributed by atoms with E-state index in [0.717, 1.165) is 0 Å². The van der Waals surface area contributed by atoms with E-state index in [2.05, 4.69) is 10.4 Å². The van der Waals surface area contributed by atoms with Crippen LogP contribution in [0.15, 0.2) is 24.4 Å². The molecule has 0 radical (unpaired) electrons. The van der Waals surface area contributed by atoms with E-state index in [4.69, 9.17) is 32.0 Å². The predicted octanol–water partition coefficient (Wildman–Crippen LogP) is 3.31. The van der Waals surface area contributed by atoms with Crippen molar-refractivity contribution in [2.24, 2.45) is 18.7 Å². The quantitative estimate of drug-likeness (QED) is 0.541. The summed E-state index contributed by atoms with van der Waals surface area (Å²) in [6.07, 6.45) is -4.02. The van der Waals surface area contributed by atoms with Gasteiger partial charge in [0, 0.05) is 31.3 Å². The minimum Gasteiger partial charge on any atom is -0.492 e. The predicted molar refractivity (Wildman–Crippen MR) is 104 cm³/mol. The van der Waals surface area contributed by atoms with Gasteiger partial charge in [0.1, 0.15) is 18.3 Å². The Kier molecular flexibility index (Phi) is 7.67. The van der Waals surface area contributed by atoms with E-state index in [1.807, 2.05) is 0 Å². The molecule has 1 aliphatic rings. The lowest BCUT2D eigenvalue weighted by molar-refractivity contribution is -0.192. The van der Waals surface area contributed by atoms with Crippen molar-refractivity contribution in [3.05, 3.63) is 29.4 Å². The van der Waals surface area contributed by atoms with E-state index in [1.54, 1.807) is 29.9 Å². The smallest absolute Gasteiger partial charge is 0.490 e. The van der Waals surface area contributed by atoms with Gasteiger partial charge in [0.25, 0.3) is 5.92 Å². The van der Waals surface area contributed by atoms with Crippen LogP contribution in [0.5, 0.6) is 5.75 Å². The molecule has 1 aromatic carbocycles. The lowest BCUT2D eigenvalue weighted by atomic mass is 10.1. The number of carboxylic acid groups (broad SMARTS) is 1. The Morgan fingerprint density at radius 1 is 1.41 bits per heavy atom. The van der Waals surface area contributed by atoms with Crippen LogP contribution in [-0.2, 0) is 16.6 Å². The molecule has 14 heteroatoms. The molecule has 0 spiro atoms. The van der Waals surface area contributed by atoms with Crippen molar-refractivity contribution in [3.8, 4) is 17.0 Å². The van der Waals surface area contributed by atoms with Gasteiger partial charge in [0.15, 0.2) is 0 Å². The Morgan fingerprint density at radius 3 is 2.44 bits per heavy atom. The van der Waals surface area contributed by atoms with Gasteiger partial charge in [-0.25, -0.2) is 13.6 Å². The zero-order valence-electron chi connectivity index (χ0n) is 16.4. The lowest BCUT2D eigenvalue weighted by Crippen LogP contribution is -2.21. The molecule has 8 nitrogen and oxygen atoms in total. The number of carboxylic acids is 1. The molecule has 1 saturated carbocycles. The second-order valence-corrected chi connectivity index (χ2v) is 7.03. The van der Waals surface area contributed by atoms with Gasteiger partial charge in [-0.3, -0.25) is 9.48 Å². The number of rotatable bonds is 6. The number of aryl methyl sites for hydroxylation is 1. The Bertz CT molecular complexity index is 977. The van der Waals surface area contributed by atoms with Crippen LogP contribution in [0.25, 0.3) is 11.3 Å². The number of amides is 1. The van der Waals surface area contributed by atoms with Crippen LogP contribution in [0.1, 0.15) is 6.42 Å². The highest BCUT2D eigenvalue weighted by atomic mass is 35.5. The van der Waals surface area contributed by atoms with Crippen molar-refractivity contribution in [1.29, 1.82) is 0 Å². The van der Waals surface area contributed by atoms with Gasteiger partial charge in [-0.1, -0.05) is 11.6 Å². The van der Waals surface area contributed by atoms with Crippen LogP contribution in [0, 0.1) is 5.92 Å². The molecule has 1 fully saturated rings. The highest BCUT2D eigenvalue weighted by molar-refractivity contribution is 6.33. The third-order valence-corrected chi connectivity index (χ3v) is 4.43. The summed E-state index contributed by atoms with van der Waals surface area (Å²) in [5.74, 6) is -7.15. The van der Waals surface area contributed by atoms with Crippen molar-refractivity contribution < 1.29 is 41.4 Å². The monoisotopic (exact) mass is 484 g/mol. The van der Waals surface area contributed by atoms with Gasteiger partial charge in [-0.15, -0.1) is 0 Å². The molecule has 32 heavy (non-hydrogen) atoms. The second-order valence-electron chi connectivity index (χ2n) is 6.62. The maximum Gasteiger partial charge on any atom is 0.490 e. The molecule has 0 saturated heterocycles. The molecule has 0 bridgehead atoms. The number of anilines is 1. The van der Waals surface area contributed by atoms with E-state index in [1.165, 1.54) is 6.20 Å². The van der Waals surface area contributed by atoms with E-state index >= 15 is 0 Å². The van der Waals surface area contributed by atoms with E-state index < -0.39 is 36.3 Å². The number of carbonyl (C=O) groups is 2. The van der Waals surface area contributed by atoms with Crippen LogP contribution in [0.2, 0.25) is 5.02 Å². The van der Waals surface area contributed by atoms with Gasteiger partial charge < -0.3 is 20.9 Å². The SMILES string of the molecule is Cn1ncc(Cl)c1-c1cc(NC(=O)C2CC2(F)F)ccc1OCCN.O=C(O)C(F)(F)F. The van der Waals surface area contributed by atoms with Gasteiger partial charge >= 0.3 is 12.1 Å². The number of hydrogen-bond acceptors (Lipinski definition) is 5. The van der Waals surface area contributed by atoms with Crippen molar-refractivity contribution in [2.75, 3.05) is 18.5 Å². The fraction of sp³-hybridized carbons (Fsp3) is 0.389. The summed E-state index contributed by atoms with van der Waals surface area (Å²) in [7, 11) is 1.71. The summed E-state index contributed by atoms with van der Waals surface area (Å²) in [6, 6.07) is 4.83. The first-order valence-electron chi connectivity index (χ1n) is 8.91. The number of halogens is 6.